The van der Waals surface area contributed by atoms with Gasteiger partial charge in [-0.15, -0.1) is 0 Å². The quantitative estimate of drug-likeness (QED) is 0.435. The minimum Gasteiger partial charge on any atom is -0.480 e. The van der Waals surface area contributed by atoms with Crippen molar-refractivity contribution in [2.45, 2.75) is 18.5 Å². The molecule has 0 heterocycles. The normalized spacial score (nSPS) is 35.8. The molecule has 4 nitrogen and oxygen atoms in total. The molecule has 0 radical (unpaired) electrons. The van der Waals surface area contributed by atoms with E-state index in [4.69, 9.17) is 16.6 Å². The summed E-state index contributed by atoms with van der Waals surface area (Å²) in [4.78, 5) is 10.1. The Balaban J connectivity index is 2.36. The lowest BCUT2D eigenvalue weighted by molar-refractivity contribution is -0.139. The van der Waals surface area contributed by atoms with Gasteiger partial charge in [-0.05, 0) is 6.42 Å². The van der Waals surface area contributed by atoms with Crippen LogP contribution in [-0.4, -0.2) is 23.2 Å². The third kappa shape index (κ3) is 1.20. The average Bonchev–Trinajstić information content (AvgIpc) is 2.44. The fourth-order valence-electron chi connectivity index (χ4n) is 0.832. The molecule has 0 spiro atoms. The summed E-state index contributed by atoms with van der Waals surface area (Å²) in [5, 5.41) is 8.33. The molecule has 9 heavy (non-hydrogen) atoms. The van der Waals surface area contributed by atoms with Crippen molar-refractivity contribution in [1.82, 2.24) is 0 Å². The molecule has 1 aliphatic carbocycles. The van der Waals surface area contributed by atoms with Gasteiger partial charge in [0.1, 0.15) is 6.04 Å². The van der Waals surface area contributed by atoms with Gasteiger partial charge >= 0.3 is 5.97 Å². The molecule has 0 saturated heterocycles. The van der Waals surface area contributed by atoms with Gasteiger partial charge in [0.2, 0.25) is 0 Å². The number of rotatable bonds is 2. The molecular formula is C5H10N2O2. The molecule has 52 valence electrons. The number of aliphatic carboxylic acids is 1. The zero-order valence-corrected chi connectivity index (χ0v) is 4.95. The highest BCUT2D eigenvalue weighted by Crippen LogP contribution is 2.30. The lowest BCUT2D eigenvalue weighted by atomic mass is 10.2. The first-order chi connectivity index (χ1) is 4.13. The standard InChI is InChI=1S/C5H10N2O2/c6-3-1-2(3)4(7)5(8)9/h2-4H,1,6-7H2,(H,8,9). The van der Waals surface area contributed by atoms with Crippen molar-refractivity contribution >= 4 is 5.97 Å². The van der Waals surface area contributed by atoms with Crippen molar-refractivity contribution in [3.8, 4) is 0 Å². The largest absolute Gasteiger partial charge is 0.480 e. The lowest BCUT2D eigenvalue weighted by Crippen LogP contribution is -2.34. The maximum atomic E-state index is 10.1. The van der Waals surface area contributed by atoms with Crippen LogP contribution in [0.5, 0.6) is 0 Å². The predicted molar refractivity (Wildman–Crippen MR) is 31.7 cm³/mol. The van der Waals surface area contributed by atoms with Crippen LogP contribution in [0.3, 0.4) is 0 Å². The molecule has 3 atom stereocenters. The Morgan fingerprint density at radius 1 is 1.78 bits per heavy atom. The van der Waals surface area contributed by atoms with Crippen LogP contribution in [0.1, 0.15) is 6.42 Å². The SMILES string of the molecule is NC1CC1C(N)C(=O)O. The Morgan fingerprint density at radius 2 is 2.22 bits per heavy atom. The second-order valence-corrected chi connectivity index (χ2v) is 2.43. The van der Waals surface area contributed by atoms with Crippen molar-refractivity contribution in [2.75, 3.05) is 0 Å². The van der Waals surface area contributed by atoms with Gasteiger partial charge in [-0.1, -0.05) is 0 Å². The molecule has 0 bridgehead atoms. The summed E-state index contributed by atoms with van der Waals surface area (Å²) in [6.07, 6.45) is 0.757. The summed E-state index contributed by atoms with van der Waals surface area (Å²) >= 11 is 0. The maximum Gasteiger partial charge on any atom is 0.320 e. The van der Waals surface area contributed by atoms with E-state index >= 15 is 0 Å². The molecule has 0 amide bonds. The number of carbonyl (C=O) groups is 1. The molecule has 0 aromatic carbocycles. The smallest absolute Gasteiger partial charge is 0.320 e. The number of hydrogen-bond donors (Lipinski definition) is 3. The van der Waals surface area contributed by atoms with Crippen LogP contribution in [0, 0.1) is 5.92 Å². The van der Waals surface area contributed by atoms with E-state index in [1.54, 1.807) is 0 Å². The number of carboxylic acids is 1. The van der Waals surface area contributed by atoms with E-state index in [-0.39, 0.29) is 12.0 Å². The van der Waals surface area contributed by atoms with Crippen molar-refractivity contribution in [1.29, 1.82) is 0 Å². The summed E-state index contributed by atoms with van der Waals surface area (Å²) in [7, 11) is 0. The fraction of sp³-hybridized carbons (Fsp3) is 0.800. The summed E-state index contributed by atoms with van der Waals surface area (Å²) < 4.78 is 0. The zero-order chi connectivity index (χ0) is 7.02. The Labute approximate surface area is 52.8 Å². The molecule has 1 fully saturated rings. The molecule has 1 aliphatic rings. The van der Waals surface area contributed by atoms with Crippen molar-refractivity contribution in [3.63, 3.8) is 0 Å². The van der Waals surface area contributed by atoms with Crippen LogP contribution in [-0.2, 0) is 4.79 Å². The monoisotopic (exact) mass is 130 g/mol. The first-order valence-corrected chi connectivity index (χ1v) is 2.87. The van der Waals surface area contributed by atoms with E-state index in [1.165, 1.54) is 0 Å². The molecule has 1 saturated carbocycles. The highest BCUT2D eigenvalue weighted by atomic mass is 16.4. The zero-order valence-electron chi connectivity index (χ0n) is 4.95. The first kappa shape index (κ1) is 6.51. The van der Waals surface area contributed by atoms with Crippen molar-refractivity contribution < 1.29 is 9.90 Å². The highest BCUT2D eigenvalue weighted by Gasteiger charge is 2.41. The summed E-state index contributed by atoms with van der Waals surface area (Å²) in [6.45, 7) is 0. The summed E-state index contributed by atoms with van der Waals surface area (Å²) in [5.74, 6) is -0.935. The Kier molecular flexibility index (Phi) is 1.42. The van der Waals surface area contributed by atoms with Crippen LogP contribution in [0.25, 0.3) is 0 Å². The Bertz CT molecular complexity index is 137. The minimum absolute atomic E-state index is 0.0162. The van der Waals surface area contributed by atoms with E-state index in [9.17, 15) is 4.79 Å². The topological polar surface area (TPSA) is 89.3 Å². The highest BCUT2D eigenvalue weighted by molar-refractivity contribution is 5.74. The van der Waals surface area contributed by atoms with Gasteiger partial charge < -0.3 is 16.6 Å². The van der Waals surface area contributed by atoms with Gasteiger partial charge in [-0.2, -0.15) is 0 Å². The van der Waals surface area contributed by atoms with Gasteiger partial charge in [-0.3, -0.25) is 4.79 Å². The maximum absolute atomic E-state index is 10.1. The van der Waals surface area contributed by atoms with Gasteiger partial charge in [0, 0.05) is 12.0 Å². The molecule has 4 heteroatoms. The van der Waals surface area contributed by atoms with Gasteiger partial charge in [0.05, 0.1) is 0 Å². The molecule has 0 aromatic heterocycles. The second kappa shape index (κ2) is 1.97. The lowest BCUT2D eigenvalue weighted by Gasteiger charge is -2.01. The number of nitrogens with two attached hydrogens (primary N) is 2. The Hall–Kier alpha value is -0.610. The van der Waals surface area contributed by atoms with Gasteiger partial charge in [0.15, 0.2) is 0 Å². The van der Waals surface area contributed by atoms with Crippen LogP contribution in [0.4, 0.5) is 0 Å². The molecule has 1 rings (SSSR count). The van der Waals surface area contributed by atoms with Crippen LogP contribution >= 0.6 is 0 Å². The van der Waals surface area contributed by atoms with E-state index < -0.39 is 12.0 Å². The van der Waals surface area contributed by atoms with E-state index in [1.807, 2.05) is 0 Å². The van der Waals surface area contributed by atoms with E-state index in [0.29, 0.717) is 0 Å². The molecular weight excluding hydrogens is 120 g/mol. The number of hydrogen-bond acceptors (Lipinski definition) is 3. The summed E-state index contributed by atoms with van der Waals surface area (Å²) in [6, 6.07) is -0.726. The fourth-order valence-corrected chi connectivity index (χ4v) is 0.832. The van der Waals surface area contributed by atoms with Crippen LogP contribution in [0.15, 0.2) is 0 Å². The first-order valence-electron chi connectivity index (χ1n) is 2.87. The van der Waals surface area contributed by atoms with E-state index in [2.05, 4.69) is 0 Å². The number of carboxylic acid groups (broad SMARTS) is 1. The molecule has 5 N–H and O–H groups in total. The van der Waals surface area contributed by atoms with Gasteiger partial charge in [0.25, 0.3) is 0 Å². The summed E-state index contributed by atoms with van der Waals surface area (Å²) in [5.41, 5.74) is 10.6. The van der Waals surface area contributed by atoms with Crippen molar-refractivity contribution in [3.05, 3.63) is 0 Å². The van der Waals surface area contributed by atoms with Crippen molar-refractivity contribution in [2.24, 2.45) is 17.4 Å². The average molecular weight is 130 g/mol. The third-order valence-corrected chi connectivity index (χ3v) is 1.64. The molecule has 0 aromatic rings. The van der Waals surface area contributed by atoms with Gasteiger partial charge in [-0.25, -0.2) is 0 Å². The second-order valence-electron chi connectivity index (χ2n) is 2.43. The van der Waals surface area contributed by atoms with Crippen LogP contribution in [0.2, 0.25) is 0 Å². The third-order valence-electron chi connectivity index (χ3n) is 1.64. The molecule has 3 unspecified atom stereocenters. The minimum atomic E-state index is -0.951. The predicted octanol–water partition coefficient (Wildman–Crippen LogP) is -1.25. The van der Waals surface area contributed by atoms with Crippen LogP contribution < -0.4 is 11.5 Å². The Morgan fingerprint density at radius 3 is 2.33 bits per heavy atom. The molecule has 0 aliphatic heterocycles. The van der Waals surface area contributed by atoms with E-state index in [0.717, 1.165) is 6.42 Å².